The first-order valence-electron chi connectivity index (χ1n) is 8.62. The maximum Gasteiger partial charge on any atom is 0.343 e. The van der Waals surface area contributed by atoms with E-state index in [4.69, 9.17) is 4.74 Å². The second kappa shape index (κ2) is 9.11. The highest BCUT2D eigenvalue weighted by Gasteiger charge is 2.12. The number of halogens is 1. The second-order valence-corrected chi connectivity index (χ2v) is 5.93. The molecule has 0 saturated heterocycles. The number of benzene rings is 3. The van der Waals surface area contributed by atoms with Gasteiger partial charge in [-0.1, -0.05) is 42.5 Å². The third-order valence-electron chi connectivity index (χ3n) is 3.90. The van der Waals surface area contributed by atoms with E-state index in [-0.39, 0.29) is 11.3 Å². The molecule has 1 amide bonds. The molecule has 0 heterocycles. The molecule has 3 rings (SSSR count). The van der Waals surface area contributed by atoms with Crippen LogP contribution in [0.5, 0.6) is 5.75 Å². The molecular weight excluding hydrogens is 371 g/mol. The van der Waals surface area contributed by atoms with Gasteiger partial charge in [-0.3, -0.25) is 4.79 Å². The lowest BCUT2D eigenvalue weighted by atomic mass is 10.1. The lowest BCUT2D eigenvalue weighted by molar-refractivity contribution is -0.112. The minimum Gasteiger partial charge on any atom is -0.423 e. The average Bonchev–Trinajstić information content (AvgIpc) is 2.75. The first-order chi connectivity index (χ1) is 14.1. The molecule has 1 N–H and O–H groups in total. The Hall–Kier alpha value is -4.24. The predicted octanol–water partition coefficient (Wildman–Crippen LogP) is 4.59. The summed E-state index contributed by atoms with van der Waals surface area (Å²) in [6, 6.07) is 22.3. The van der Waals surface area contributed by atoms with E-state index in [2.05, 4.69) is 5.32 Å². The first-order valence-corrected chi connectivity index (χ1v) is 8.62. The zero-order chi connectivity index (χ0) is 20.6. The maximum absolute atomic E-state index is 13.7. The molecule has 5 nitrogen and oxygen atoms in total. The van der Waals surface area contributed by atoms with Crippen LogP contribution in [0.4, 0.5) is 10.1 Å². The zero-order valence-electron chi connectivity index (χ0n) is 15.1. The molecule has 0 aliphatic heterocycles. The quantitative estimate of drug-likeness (QED) is 0.301. The summed E-state index contributed by atoms with van der Waals surface area (Å²) in [5.41, 5.74) is 0.766. The van der Waals surface area contributed by atoms with Gasteiger partial charge in [0.2, 0.25) is 0 Å². The highest BCUT2D eigenvalue weighted by atomic mass is 19.1. The molecule has 0 aromatic heterocycles. The van der Waals surface area contributed by atoms with Crippen LogP contribution in [0.2, 0.25) is 0 Å². The van der Waals surface area contributed by atoms with Gasteiger partial charge >= 0.3 is 5.97 Å². The third kappa shape index (κ3) is 5.15. The monoisotopic (exact) mass is 386 g/mol. The smallest absolute Gasteiger partial charge is 0.343 e. The number of anilines is 1. The summed E-state index contributed by atoms with van der Waals surface area (Å²) in [6.07, 6.45) is 1.36. The number of carbonyl (C=O) groups excluding carboxylic acids is 2. The van der Waals surface area contributed by atoms with Crippen LogP contribution in [-0.2, 0) is 4.79 Å². The first kappa shape index (κ1) is 19.5. The summed E-state index contributed by atoms with van der Waals surface area (Å²) >= 11 is 0. The van der Waals surface area contributed by atoms with E-state index >= 15 is 0 Å². The molecule has 0 bridgehead atoms. The Kier molecular flexibility index (Phi) is 6.13. The Morgan fingerprint density at radius 3 is 2.24 bits per heavy atom. The number of hydrogen-bond donors (Lipinski definition) is 1. The Labute approximate surface area is 166 Å². The summed E-state index contributed by atoms with van der Waals surface area (Å²) in [7, 11) is 0. The van der Waals surface area contributed by atoms with E-state index in [0.717, 1.165) is 0 Å². The Morgan fingerprint density at radius 2 is 1.59 bits per heavy atom. The molecule has 0 atom stereocenters. The van der Waals surface area contributed by atoms with Crippen LogP contribution in [0, 0.1) is 17.1 Å². The normalized spacial score (nSPS) is 10.7. The fraction of sp³-hybridized carbons (Fsp3) is 0. The van der Waals surface area contributed by atoms with Gasteiger partial charge in [0.05, 0.1) is 11.3 Å². The number of ether oxygens (including phenoxy) is 1. The van der Waals surface area contributed by atoms with Crippen molar-refractivity contribution in [3.63, 3.8) is 0 Å². The van der Waals surface area contributed by atoms with E-state index in [1.807, 2.05) is 0 Å². The van der Waals surface area contributed by atoms with E-state index in [1.54, 1.807) is 66.7 Å². The molecule has 0 aliphatic rings. The number of esters is 1. The number of nitrogens with one attached hydrogen (secondary N) is 1. The molecule has 0 spiro atoms. The molecule has 142 valence electrons. The van der Waals surface area contributed by atoms with Gasteiger partial charge < -0.3 is 10.1 Å². The van der Waals surface area contributed by atoms with Crippen molar-refractivity contribution >= 4 is 23.6 Å². The van der Waals surface area contributed by atoms with Gasteiger partial charge in [0.25, 0.3) is 5.91 Å². The molecule has 0 radical (unpaired) electrons. The standard InChI is InChI=1S/C23H15FN2O3/c24-20-8-4-5-9-21(20)26-22(27)18(15-25)14-16-10-12-19(13-11-16)29-23(28)17-6-2-1-3-7-17/h1-14H,(H,26,27)/b18-14-. The molecule has 0 aliphatic carbocycles. The van der Waals surface area contributed by atoms with Gasteiger partial charge in [0, 0.05) is 0 Å². The number of amides is 1. The molecule has 0 fully saturated rings. The number of hydrogen-bond acceptors (Lipinski definition) is 4. The largest absolute Gasteiger partial charge is 0.423 e. The molecule has 0 unspecified atom stereocenters. The highest BCUT2D eigenvalue weighted by Crippen LogP contribution is 2.18. The summed E-state index contributed by atoms with van der Waals surface area (Å²) in [6.45, 7) is 0. The number of para-hydroxylation sites is 1. The van der Waals surface area contributed by atoms with Crippen LogP contribution in [-0.4, -0.2) is 11.9 Å². The van der Waals surface area contributed by atoms with Gasteiger partial charge in [-0.25, -0.2) is 9.18 Å². The van der Waals surface area contributed by atoms with E-state index < -0.39 is 17.7 Å². The van der Waals surface area contributed by atoms with Gasteiger partial charge in [0.1, 0.15) is 23.2 Å². The van der Waals surface area contributed by atoms with Crippen molar-refractivity contribution in [2.45, 2.75) is 0 Å². The molecular formula is C23H15FN2O3. The van der Waals surface area contributed by atoms with Crippen LogP contribution >= 0.6 is 0 Å². The summed E-state index contributed by atoms with van der Waals surface area (Å²) < 4.78 is 18.9. The molecule has 29 heavy (non-hydrogen) atoms. The Balaban J connectivity index is 1.70. The van der Waals surface area contributed by atoms with Crippen molar-refractivity contribution in [1.82, 2.24) is 0 Å². The lowest BCUT2D eigenvalue weighted by Crippen LogP contribution is -2.14. The van der Waals surface area contributed by atoms with Crippen molar-refractivity contribution in [1.29, 1.82) is 5.26 Å². The zero-order valence-corrected chi connectivity index (χ0v) is 15.1. The molecule has 3 aromatic rings. The van der Waals surface area contributed by atoms with E-state index in [0.29, 0.717) is 16.9 Å². The van der Waals surface area contributed by atoms with Crippen LogP contribution in [0.15, 0.2) is 84.4 Å². The Bertz CT molecular complexity index is 1100. The second-order valence-electron chi connectivity index (χ2n) is 5.93. The fourth-order valence-electron chi connectivity index (χ4n) is 2.44. The van der Waals surface area contributed by atoms with Gasteiger partial charge in [-0.2, -0.15) is 5.26 Å². The van der Waals surface area contributed by atoms with Crippen molar-refractivity contribution < 1.29 is 18.7 Å². The topological polar surface area (TPSA) is 79.2 Å². The average molecular weight is 386 g/mol. The summed E-state index contributed by atoms with van der Waals surface area (Å²) in [4.78, 5) is 24.3. The lowest BCUT2D eigenvalue weighted by Gasteiger charge is -2.06. The number of nitrogens with zero attached hydrogens (tertiary/aromatic N) is 1. The predicted molar refractivity (Wildman–Crippen MR) is 106 cm³/mol. The van der Waals surface area contributed by atoms with Gasteiger partial charge in [0.15, 0.2) is 0 Å². The maximum atomic E-state index is 13.7. The summed E-state index contributed by atoms with van der Waals surface area (Å²) in [5, 5.41) is 11.6. The minimum atomic E-state index is -0.725. The van der Waals surface area contributed by atoms with Crippen molar-refractivity contribution in [2.75, 3.05) is 5.32 Å². The number of rotatable bonds is 5. The minimum absolute atomic E-state index is 0.0122. The van der Waals surface area contributed by atoms with Crippen LogP contribution < -0.4 is 10.1 Å². The molecule has 6 heteroatoms. The Morgan fingerprint density at radius 1 is 0.931 bits per heavy atom. The molecule has 3 aromatic carbocycles. The SMILES string of the molecule is N#C/C(=C/c1ccc(OC(=O)c2ccccc2)cc1)C(=O)Nc1ccccc1F. The van der Waals surface area contributed by atoms with Crippen LogP contribution in [0.3, 0.4) is 0 Å². The number of nitriles is 1. The summed E-state index contributed by atoms with van der Waals surface area (Å²) in [5.74, 6) is -1.49. The molecule has 0 saturated carbocycles. The van der Waals surface area contributed by atoms with Crippen LogP contribution in [0.25, 0.3) is 6.08 Å². The van der Waals surface area contributed by atoms with Crippen molar-refractivity contribution in [3.05, 3.63) is 101 Å². The van der Waals surface area contributed by atoms with Crippen molar-refractivity contribution in [2.24, 2.45) is 0 Å². The van der Waals surface area contributed by atoms with E-state index in [1.165, 1.54) is 24.3 Å². The van der Waals surface area contributed by atoms with Gasteiger partial charge in [-0.15, -0.1) is 0 Å². The van der Waals surface area contributed by atoms with Gasteiger partial charge in [-0.05, 0) is 48.0 Å². The highest BCUT2D eigenvalue weighted by molar-refractivity contribution is 6.09. The fourth-order valence-corrected chi connectivity index (χ4v) is 2.44. The van der Waals surface area contributed by atoms with Crippen LogP contribution in [0.1, 0.15) is 15.9 Å². The van der Waals surface area contributed by atoms with Crippen molar-refractivity contribution in [3.8, 4) is 11.8 Å². The number of carbonyl (C=O) groups is 2. The van der Waals surface area contributed by atoms with E-state index in [9.17, 15) is 19.2 Å². The third-order valence-corrected chi connectivity index (χ3v) is 3.90.